The van der Waals surface area contributed by atoms with Gasteiger partial charge in [-0.1, -0.05) is 13.0 Å². The largest absolute Gasteiger partial charge is 0.379 e. The summed E-state index contributed by atoms with van der Waals surface area (Å²) in [5, 5.41) is 6.29. The van der Waals surface area contributed by atoms with Crippen molar-refractivity contribution in [2.24, 2.45) is 5.92 Å². The Morgan fingerprint density at radius 2 is 2.07 bits per heavy atom. The number of amides is 1. The van der Waals surface area contributed by atoms with Gasteiger partial charge in [0.05, 0.1) is 12.2 Å². The van der Waals surface area contributed by atoms with Gasteiger partial charge in [0.15, 0.2) is 0 Å². The standard InChI is InChI=1S/C22H25N5O/c1-2-14-9-17(15-3-4-15)12-27-13-19(25-21(14)27)11-24-18-7-8-23-20(10-18)26-22(28)16-5-6-16/h7-10,12-13,15-16H,2-6,11H2,1H3,(H2,23,24,26,28). The molecule has 1 amide bonds. The molecule has 6 nitrogen and oxygen atoms in total. The number of anilines is 2. The third kappa shape index (κ3) is 3.59. The first kappa shape index (κ1) is 17.2. The van der Waals surface area contributed by atoms with E-state index in [0.29, 0.717) is 12.4 Å². The number of aromatic nitrogens is 3. The quantitative estimate of drug-likeness (QED) is 0.651. The molecular weight excluding hydrogens is 350 g/mol. The van der Waals surface area contributed by atoms with Gasteiger partial charge < -0.3 is 15.0 Å². The van der Waals surface area contributed by atoms with Crippen LogP contribution in [0.4, 0.5) is 11.5 Å². The molecule has 2 fully saturated rings. The van der Waals surface area contributed by atoms with Gasteiger partial charge in [0.2, 0.25) is 5.91 Å². The van der Waals surface area contributed by atoms with E-state index in [4.69, 9.17) is 4.98 Å². The number of nitrogens with one attached hydrogen (secondary N) is 2. The van der Waals surface area contributed by atoms with Gasteiger partial charge >= 0.3 is 0 Å². The predicted octanol–water partition coefficient (Wildman–Crippen LogP) is 4.13. The molecule has 2 aliphatic rings. The van der Waals surface area contributed by atoms with Crippen molar-refractivity contribution < 1.29 is 4.79 Å². The van der Waals surface area contributed by atoms with Gasteiger partial charge in [-0.25, -0.2) is 9.97 Å². The van der Waals surface area contributed by atoms with E-state index in [1.807, 2.05) is 12.1 Å². The van der Waals surface area contributed by atoms with E-state index in [9.17, 15) is 4.79 Å². The molecule has 0 aromatic carbocycles. The SMILES string of the molecule is CCc1cc(C2CC2)cn2cc(CNc3ccnc(NC(=O)C4CC4)c3)nc12. The first-order valence-electron chi connectivity index (χ1n) is 10.2. The van der Waals surface area contributed by atoms with Crippen molar-refractivity contribution in [1.82, 2.24) is 14.4 Å². The lowest BCUT2D eigenvalue weighted by atomic mass is 10.1. The van der Waals surface area contributed by atoms with Gasteiger partial charge in [-0.15, -0.1) is 0 Å². The lowest BCUT2D eigenvalue weighted by molar-refractivity contribution is -0.117. The molecule has 3 aromatic rings. The van der Waals surface area contributed by atoms with E-state index in [0.717, 1.165) is 42.2 Å². The molecule has 6 heteroatoms. The molecule has 3 aromatic heterocycles. The Bertz CT molecular complexity index is 1030. The van der Waals surface area contributed by atoms with Crippen molar-refractivity contribution in [2.45, 2.75) is 51.5 Å². The summed E-state index contributed by atoms with van der Waals surface area (Å²) in [6, 6.07) is 6.11. The maximum absolute atomic E-state index is 11.9. The van der Waals surface area contributed by atoms with Gasteiger partial charge in [0, 0.05) is 36.3 Å². The minimum absolute atomic E-state index is 0.0727. The Balaban J connectivity index is 1.31. The fourth-order valence-electron chi connectivity index (χ4n) is 3.60. The highest BCUT2D eigenvalue weighted by Gasteiger charge is 2.29. The van der Waals surface area contributed by atoms with Gasteiger partial charge in [0.25, 0.3) is 0 Å². The second-order valence-corrected chi connectivity index (χ2v) is 7.94. The lowest BCUT2D eigenvalue weighted by Crippen LogP contribution is -2.14. The van der Waals surface area contributed by atoms with Crippen molar-refractivity contribution in [1.29, 1.82) is 0 Å². The molecule has 28 heavy (non-hydrogen) atoms. The fourth-order valence-corrected chi connectivity index (χ4v) is 3.60. The van der Waals surface area contributed by atoms with E-state index in [2.05, 4.69) is 45.4 Å². The van der Waals surface area contributed by atoms with E-state index in [-0.39, 0.29) is 11.8 Å². The summed E-state index contributed by atoms with van der Waals surface area (Å²) in [5.74, 6) is 1.58. The van der Waals surface area contributed by atoms with Crippen LogP contribution in [0.15, 0.2) is 36.8 Å². The molecule has 2 aliphatic carbocycles. The zero-order chi connectivity index (χ0) is 19.1. The maximum atomic E-state index is 11.9. The molecule has 0 unspecified atom stereocenters. The third-order valence-electron chi connectivity index (χ3n) is 5.56. The fraction of sp³-hybridized carbons (Fsp3) is 0.409. The molecule has 2 N–H and O–H groups in total. The second kappa shape index (κ2) is 6.93. The highest BCUT2D eigenvalue weighted by Crippen LogP contribution is 2.40. The number of aryl methyl sites for hydroxylation is 1. The van der Waals surface area contributed by atoms with Crippen molar-refractivity contribution in [3.8, 4) is 0 Å². The van der Waals surface area contributed by atoms with Gasteiger partial charge in [-0.05, 0) is 55.2 Å². The summed E-state index contributed by atoms with van der Waals surface area (Å²) in [4.78, 5) is 21.0. The maximum Gasteiger partial charge on any atom is 0.228 e. The molecule has 0 aliphatic heterocycles. The molecule has 0 radical (unpaired) electrons. The molecule has 2 saturated carbocycles. The molecular formula is C22H25N5O. The van der Waals surface area contributed by atoms with E-state index < -0.39 is 0 Å². The molecule has 3 heterocycles. The number of pyridine rings is 2. The summed E-state index contributed by atoms with van der Waals surface area (Å²) >= 11 is 0. The Hall–Kier alpha value is -2.89. The van der Waals surface area contributed by atoms with Crippen LogP contribution in [-0.2, 0) is 17.8 Å². The Morgan fingerprint density at radius 3 is 2.82 bits per heavy atom. The second-order valence-electron chi connectivity index (χ2n) is 7.94. The zero-order valence-corrected chi connectivity index (χ0v) is 16.1. The first-order valence-corrected chi connectivity index (χ1v) is 10.2. The third-order valence-corrected chi connectivity index (χ3v) is 5.56. The molecule has 144 valence electrons. The Morgan fingerprint density at radius 1 is 1.21 bits per heavy atom. The van der Waals surface area contributed by atoms with Crippen molar-refractivity contribution in [2.75, 3.05) is 10.6 Å². The summed E-state index contributed by atoms with van der Waals surface area (Å²) < 4.78 is 2.18. The summed E-state index contributed by atoms with van der Waals surface area (Å²) in [7, 11) is 0. The van der Waals surface area contributed by atoms with Crippen LogP contribution >= 0.6 is 0 Å². The molecule has 5 rings (SSSR count). The van der Waals surface area contributed by atoms with Crippen LogP contribution < -0.4 is 10.6 Å². The monoisotopic (exact) mass is 375 g/mol. The Labute approximate surface area is 164 Å². The highest BCUT2D eigenvalue weighted by atomic mass is 16.2. The number of fused-ring (bicyclic) bond motifs is 1. The number of carbonyl (C=O) groups is 1. The summed E-state index contributed by atoms with van der Waals surface area (Å²) in [6.45, 7) is 2.82. The van der Waals surface area contributed by atoms with E-state index >= 15 is 0 Å². The molecule has 0 saturated heterocycles. The number of imidazole rings is 1. The smallest absolute Gasteiger partial charge is 0.228 e. The molecule has 0 bridgehead atoms. The van der Waals surface area contributed by atoms with Crippen LogP contribution in [0.25, 0.3) is 5.65 Å². The van der Waals surface area contributed by atoms with Crippen molar-refractivity contribution >= 4 is 23.1 Å². The topological polar surface area (TPSA) is 71.3 Å². The number of hydrogen-bond donors (Lipinski definition) is 2. The van der Waals surface area contributed by atoms with Crippen LogP contribution in [0.1, 0.15) is 55.3 Å². The van der Waals surface area contributed by atoms with Crippen LogP contribution in [0.3, 0.4) is 0 Å². The molecule has 0 spiro atoms. The minimum Gasteiger partial charge on any atom is -0.379 e. The summed E-state index contributed by atoms with van der Waals surface area (Å²) in [6.07, 6.45) is 11.6. The molecule has 0 atom stereocenters. The van der Waals surface area contributed by atoms with Crippen molar-refractivity contribution in [3.63, 3.8) is 0 Å². The lowest BCUT2D eigenvalue weighted by Gasteiger charge is -2.07. The summed E-state index contributed by atoms with van der Waals surface area (Å²) in [5.41, 5.74) is 5.72. The number of nitrogens with zero attached hydrogens (tertiary/aromatic N) is 3. The van der Waals surface area contributed by atoms with Crippen LogP contribution in [0.5, 0.6) is 0 Å². The Kier molecular flexibility index (Phi) is 4.26. The highest BCUT2D eigenvalue weighted by molar-refractivity contribution is 5.93. The zero-order valence-electron chi connectivity index (χ0n) is 16.1. The minimum atomic E-state index is 0.0727. The van der Waals surface area contributed by atoms with Crippen LogP contribution in [0, 0.1) is 5.92 Å². The van der Waals surface area contributed by atoms with E-state index in [1.54, 1.807) is 6.20 Å². The average molecular weight is 375 g/mol. The van der Waals surface area contributed by atoms with Crippen LogP contribution in [-0.4, -0.2) is 20.3 Å². The van der Waals surface area contributed by atoms with E-state index in [1.165, 1.54) is 24.0 Å². The van der Waals surface area contributed by atoms with Gasteiger partial charge in [0.1, 0.15) is 11.5 Å². The first-order chi connectivity index (χ1) is 13.7. The predicted molar refractivity (Wildman–Crippen MR) is 109 cm³/mol. The van der Waals surface area contributed by atoms with Gasteiger partial charge in [-0.2, -0.15) is 0 Å². The number of carbonyl (C=O) groups excluding carboxylic acids is 1. The van der Waals surface area contributed by atoms with Crippen molar-refractivity contribution in [3.05, 3.63) is 53.6 Å². The van der Waals surface area contributed by atoms with Gasteiger partial charge in [-0.3, -0.25) is 4.79 Å². The number of rotatable bonds is 7. The average Bonchev–Trinajstić information content (AvgIpc) is 3.61. The number of hydrogen-bond acceptors (Lipinski definition) is 4. The normalized spacial score (nSPS) is 16.3. The van der Waals surface area contributed by atoms with Crippen LogP contribution in [0.2, 0.25) is 0 Å².